The van der Waals surface area contributed by atoms with Gasteiger partial charge >= 0.3 is 0 Å². The Balaban J connectivity index is 3.02. The van der Waals surface area contributed by atoms with Crippen LogP contribution >= 0.6 is 0 Å². The first-order valence-electron chi connectivity index (χ1n) is 5.59. The van der Waals surface area contributed by atoms with Crippen molar-refractivity contribution in [1.29, 1.82) is 0 Å². The number of carbonyl (C=O) groups excluding carboxylic acids is 1. The maximum absolute atomic E-state index is 11.0. The minimum absolute atomic E-state index is 0.0566. The van der Waals surface area contributed by atoms with E-state index in [1.165, 1.54) is 6.92 Å². The molecule has 1 N–H and O–H groups in total. The number of carbonyl (C=O) groups is 1. The Kier molecular flexibility index (Phi) is 4.35. The molecule has 0 radical (unpaired) electrons. The summed E-state index contributed by atoms with van der Waals surface area (Å²) < 4.78 is 5.55. The van der Waals surface area contributed by atoms with E-state index in [0.29, 0.717) is 12.5 Å². The highest BCUT2D eigenvalue weighted by molar-refractivity contribution is 5.88. The van der Waals surface area contributed by atoms with E-state index < -0.39 is 0 Å². The number of nitrogens with one attached hydrogen (secondary N) is 1. The van der Waals surface area contributed by atoms with Crippen molar-refractivity contribution in [1.82, 2.24) is 0 Å². The molecule has 1 aromatic carbocycles. The number of amides is 1. The molecule has 0 aromatic heterocycles. The second-order valence-electron chi connectivity index (χ2n) is 4.02. The zero-order valence-electron chi connectivity index (χ0n) is 10.3. The second-order valence-corrected chi connectivity index (χ2v) is 4.02. The van der Waals surface area contributed by atoms with E-state index in [2.05, 4.69) is 19.2 Å². The zero-order chi connectivity index (χ0) is 12.1. The highest BCUT2D eigenvalue weighted by Crippen LogP contribution is 2.29. The molecule has 0 saturated heterocycles. The van der Waals surface area contributed by atoms with Gasteiger partial charge in [0.05, 0.1) is 6.61 Å². The summed E-state index contributed by atoms with van der Waals surface area (Å²) in [6.45, 7) is 8.33. The van der Waals surface area contributed by atoms with Crippen molar-refractivity contribution in [3.05, 3.63) is 23.8 Å². The van der Waals surface area contributed by atoms with Gasteiger partial charge in [0.25, 0.3) is 0 Å². The monoisotopic (exact) mass is 221 g/mol. The quantitative estimate of drug-likeness (QED) is 0.848. The molecular formula is C13H19NO2. The first-order chi connectivity index (χ1) is 7.54. The van der Waals surface area contributed by atoms with Crippen molar-refractivity contribution >= 4 is 11.6 Å². The lowest BCUT2D eigenvalue weighted by molar-refractivity contribution is -0.114. The maximum atomic E-state index is 11.0. The zero-order valence-corrected chi connectivity index (χ0v) is 10.3. The summed E-state index contributed by atoms with van der Waals surface area (Å²) >= 11 is 0. The van der Waals surface area contributed by atoms with Gasteiger partial charge < -0.3 is 10.1 Å². The molecule has 3 heteroatoms. The van der Waals surface area contributed by atoms with Crippen LogP contribution in [0.15, 0.2) is 18.2 Å². The molecular weight excluding hydrogens is 202 g/mol. The summed E-state index contributed by atoms with van der Waals surface area (Å²) in [5, 5.41) is 2.77. The van der Waals surface area contributed by atoms with E-state index in [0.717, 1.165) is 17.0 Å². The molecule has 0 aliphatic carbocycles. The second kappa shape index (κ2) is 5.54. The molecule has 0 fully saturated rings. The first kappa shape index (κ1) is 12.6. The van der Waals surface area contributed by atoms with Crippen LogP contribution in [0.1, 0.15) is 39.2 Å². The molecule has 16 heavy (non-hydrogen) atoms. The fourth-order valence-electron chi connectivity index (χ4n) is 1.57. The normalized spacial score (nSPS) is 10.3. The average molecular weight is 221 g/mol. The van der Waals surface area contributed by atoms with Crippen LogP contribution in [-0.4, -0.2) is 12.5 Å². The molecule has 0 spiro atoms. The third kappa shape index (κ3) is 3.26. The number of rotatable bonds is 4. The van der Waals surface area contributed by atoms with Gasteiger partial charge in [0.15, 0.2) is 0 Å². The molecule has 0 atom stereocenters. The maximum Gasteiger partial charge on any atom is 0.221 e. The van der Waals surface area contributed by atoms with Gasteiger partial charge in [-0.05, 0) is 36.6 Å². The third-order valence-electron chi connectivity index (χ3n) is 2.25. The lowest BCUT2D eigenvalue weighted by Crippen LogP contribution is -2.07. The van der Waals surface area contributed by atoms with Gasteiger partial charge in [0.2, 0.25) is 5.91 Å². The van der Waals surface area contributed by atoms with Crippen LogP contribution in [0, 0.1) is 0 Å². The lowest BCUT2D eigenvalue weighted by atomic mass is 10.0. The van der Waals surface area contributed by atoms with Crippen LogP contribution in [0.2, 0.25) is 0 Å². The van der Waals surface area contributed by atoms with Crippen LogP contribution in [0.5, 0.6) is 5.75 Å². The topological polar surface area (TPSA) is 38.3 Å². The van der Waals surface area contributed by atoms with E-state index in [1.807, 2.05) is 25.1 Å². The molecule has 1 aromatic rings. The highest BCUT2D eigenvalue weighted by Gasteiger charge is 2.09. The Morgan fingerprint density at radius 1 is 1.44 bits per heavy atom. The predicted molar refractivity (Wildman–Crippen MR) is 66.0 cm³/mol. The van der Waals surface area contributed by atoms with Gasteiger partial charge in [-0.25, -0.2) is 0 Å². The Bertz CT molecular complexity index is 372. The van der Waals surface area contributed by atoms with Crippen LogP contribution in [0.25, 0.3) is 0 Å². The van der Waals surface area contributed by atoms with Crippen LogP contribution < -0.4 is 10.1 Å². The highest BCUT2D eigenvalue weighted by atomic mass is 16.5. The molecule has 3 nitrogen and oxygen atoms in total. The summed E-state index contributed by atoms with van der Waals surface area (Å²) in [4.78, 5) is 11.0. The summed E-state index contributed by atoms with van der Waals surface area (Å²) in [5.41, 5.74) is 1.94. The standard InChI is InChI=1S/C13H19NO2/c1-5-16-13-7-6-11(14-10(4)15)8-12(13)9(2)3/h6-9H,5H2,1-4H3,(H,14,15). The molecule has 0 saturated carbocycles. The fourth-order valence-corrected chi connectivity index (χ4v) is 1.57. The van der Waals surface area contributed by atoms with Gasteiger partial charge in [0, 0.05) is 12.6 Å². The Hall–Kier alpha value is -1.51. The van der Waals surface area contributed by atoms with Crippen molar-refractivity contribution in [2.45, 2.75) is 33.6 Å². The number of hydrogen-bond donors (Lipinski definition) is 1. The number of ether oxygens (including phenoxy) is 1. The lowest BCUT2D eigenvalue weighted by Gasteiger charge is -2.14. The van der Waals surface area contributed by atoms with Gasteiger partial charge in [0.1, 0.15) is 5.75 Å². The molecule has 0 heterocycles. The molecule has 1 rings (SSSR count). The van der Waals surface area contributed by atoms with Gasteiger partial charge in [-0.15, -0.1) is 0 Å². The fraction of sp³-hybridized carbons (Fsp3) is 0.462. The van der Waals surface area contributed by atoms with Gasteiger partial charge in [-0.1, -0.05) is 13.8 Å². The Morgan fingerprint density at radius 3 is 2.62 bits per heavy atom. The van der Waals surface area contributed by atoms with E-state index in [1.54, 1.807) is 0 Å². The summed E-state index contributed by atoms with van der Waals surface area (Å²) in [6, 6.07) is 5.74. The molecule has 0 aliphatic rings. The largest absolute Gasteiger partial charge is 0.494 e. The summed E-state index contributed by atoms with van der Waals surface area (Å²) in [5.74, 6) is 1.21. The third-order valence-corrected chi connectivity index (χ3v) is 2.25. The van der Waals surface area contributed by atoms with Crippen molar-refractivity contribution in [3.63, 3.8) is 0 Å². The van der Waals surface area contributed by atoms with Crippen LogP contribution in [0.3, 0.4) is 0 Å². The van der Waals surface area contributed by atoms with Gasteiger partial charge in [-0.2, -0.15) is 0 Å². The molecule has 0 aliphatic heterocycles. The van der Waals surface area contributed by atoms with E-state index >= 15 is 0 Å². The smallest absolute Gasteiger partial charge is 0.221 e. The first-order valence-corrected chi connectivity index (χ1v) is 5.59. The van der Waals surface area contributed by atoms with Crippen molar-refractivity contribution in [3.8, 4) is 5.75 Å². The van der Waals surface area contributed by atoms with E-state index in [-0.39, 0.29) is 5.91 Å². The summed E-state index contributed by atoms with van der Waals surface area (Å²) in [6.07, 6.45) is 0. The SMILES string of the molecule is CCOc1ccc(NC(C)=O)cc1C(C)C. The number of hydrogen-bond acceptors (Lipinski definition) is 2. The van der Waals surface area contributed by atoms with Crippen LogP contribution in [0.4, 0.5) is 5.69 Å². The van der Waals surface area contributed by atoms with E-state index in [9.17, 15) is 4.79 Å². The Morgan fingerprint density at radius 2 is 2.12 bits per heavy atom. The van der Waals surface area contributed by atoms with E-state index in [4.69, 9.17) is 4.74 Å². The van der Waals surface area contributed by atoms with Crippen molar-refractivity contribution in [2.24, 2.45) is 0 Å². The molecule has 88 valence electrons. The Labute approximate surface area is 96.8 Å². The molecule has 0 bridgehead atoms. The predicted octanol–water partition coefficient (Wildman–Crippen LogP) is 3.17. The molecule has 0 unspecified atom stereocenters. The number of benzene rings is 1. The van der Waals surface area contributed by atoms with Crippen molar-refractivity contribution < 1.29 is 9.53 Å². The number of anilines is 1. The average Bonchev–Trinajstić information content (AvgIpc) is 2.19. The minimum Gasteiger partial charge on any atom is -0.494 e. The van der Waals surface area contributed by atoms with Crippen molar-refractivity contribution in [2.75, 3.05) is 11.9 Å². The van der Waals surface area contributed by atoms with Gasteiger partial charge in [-0.3, -0.25) is 4.79 Å². The molecule has 1 amide bonds. The van der Waals surface area contributed by atoms with Crippen LogP contribution in [-0.2, 0) is 4.79 Å². The summed E-state index contributed by atoms with van der Waals surface area (Å²) in [7, 11) is 0. The minimum atomic E-state index is -0.0566.